The van der Waals surface area contributed by atoms with E-state index in [1.807, 2.05) is 0 Å². The van der Waals surface area contributed by atoms with Crippen molar-refractivity contribution in [3.63, 3.8) is 0 Å². The molecule has 18 heavy (non-hydrogen) atoms. The average molecular weight is 253 g/mol. The molecule has 0 bridgehead atoms. The summed E-state index contributed by atoms with van der Waals surface area (Å²) in [6, 6.07) is 0. The van der Waals surface area contributed by atoms with Crippen LogP contribution >= 0.6 is 0 Å². The minimum absolute atomic E-state index is 0.168. The number of Topliss-reactive ketones (excluding diaryl/α,β-unsaturated/α-hetero) is 1. The van der Waals surface area contributed by atoms with E-state index in [0.29, 0.717) is 18.1 Å². The lowest BCUT2D eigenvalue weighted by Crippen LogP contribution is -2.43. The zero-order chi connectivity index (χ0) is 13.4. The highest BCUT2D eigenvalue weighted by Crippen LogP contribution is 2.30. The first-order chi connectivity index (χ1) is 8.59. The minimum atomic E-state index is -0.168. The van der Waals surface area contributed by atoms with Gasteiger partial charge in [-0.15, -0.1) is 0 Å². The molecule has 1 aliphatic carbocycles. The van der Waals surface area contributed by atoms with Crippen molar-refractivity contribution in [1.82, 2.24) is 0 Å². The number of rotatable bonds is 8. The van der Waals surface area contributed by atoms with Crippen molar-refractivity contribution < 1.29 is 4.79 Å². The van der Waals surface area contributed by atoms with Gasteiger partial charge in [-0.25, -0.2) is 0 Å². The van der Waals surface area contributed by atoms with Crippen molar-refractivity contribution in [3.8, 4) is 0 Å². The molecule has 106 valence electrons. The molecule has 0 spiro atoms. The number of nitrogens with two attached hydrogens (primary N) is 1. The lowest BCUT2D eigenvalue weighted by Gasteiger charge is -2.33. The topological polar surface area (TPSA) is 43.1 Å². The van der Waals surface area contributed by atoms with Gasteiger partial charge in [-0.2, -0.15) is 0 Å². The van der Waals surface area contributed by atoms with Gasteiger partial charge >= 0.3 is 0 Å². The van der Waals surface area contributed by atoms with Crippen LogP contribution in [0.15, 0.2) is 0 Å². The van der Waals surface area contributed by atoms with E-state index in [0.717, 1.165) is 25.7 Å². The van der Waals surface area contributed by atoms with E-state index in [-0.39, 0.29) is 5.54 Å². The van der Waals surface area contributed by atoms with Gasteiger partial charge in [-0.1, -0.05) is 58.8 Å². The largest absolute Gasteiger partial charge is 0.325 e. The second-order valence-electron chi connectivity index (χ2n) is 6.26. The molecule has 1 unspecified atom stereocenters. The van der Waals surface area contributed by atoms with Crippen LogP contribution < -0.4 is 5.73 Å². The van der Waals surface area contributed by atoms with Crippen molar-refractivity contribution >= 4 is 5.78 Å². The number of ketones is 1. The number of unbranched alkanes of at least 4 members (excludes halogenated alkanes) is 1. The maximum absolute atomic E-state index is 12.2. The number of hydrogen-bond donors (Lipinski definition) is 1. The SMILES string of the molecule is CCCCC(CC)CC(=O)CC1(N)CCCCC1. The molecule has 0 amide bonds. The van der Waals surface area contributed by atoms with E-state index in [1.54, 1.807) is 0 Å². The summed E-state index contributed by atoms with van der Waals surface area (Å²) in [6.45, 7) is 4.41. The molecule has 0 heterocycles. The molecule has 0 aromatic heterocycles. The molecule has 1 rings (SSSR count). The van der Waals surface area contributed by atoms with Crippen molar-refractivity contribution in [2.24, 2.45) is 11.7 Å². The summed E-state index contributed by atoms with van der Waals surface area (Å²) in [5.41, 5.74) is 6.19. The zero-order valence-corrected chi connectivity index (χ0v) is 12.3. The summed E-state index contributed by atoms with van der Waals surface area (Å²) in [5, 5.41) is 0. The molecule has 1 fully saturated rings. The predicted molar refractivity (Wildman–Crippen MR) is 77.6 cm³/mol. The van der Waals surface area contributed by atoms with E-state index < -0.39 is 0 Å². The summed E-state index contributed by atoms with van der Waals surface area (Å²) < 4.78 is 0. The van der Waals surface area contributed by atoms with Crippen LogP contribution in [0, 0.1) is 5.92 Å². The quantitative estimate of drug-likeness (QED) is 0.704. The van der Waals surface area contributed by atoms with Crippen LogP contribution in [0.25, 0.3) is 0 Å². The van der Waals surface area contributed by atoms with Gasteiger partial charge in [0, 0.05) is 18.4 Å². The molecule has 0 aromatic rings. The highest BCUT2D eigenvalue weighted by atomic mass is 16.1. The molecule has 1 atom stereocenters. The number of hydrogen-bond acceptors (Lipinski definition) is 2. The maximum atomic E-state index is 12.2. The molecular weight excluding hydrogens is 222 g/mol. The minimum Gasteiger partial charge on any atom is -0.325 e. The van der Waals surface area contributed by atoms with E-state index in [1.165, 1.54) is 38.5 Å². The Morgan fingerprint density at radius 3 is 2.44 bits per heavy atom. The van der Waals surface area contributed by atoms with Crippen LogP contribution in [0.4, 0.5) is 0 Å². The number of carbonyl (C=O) groups excluding carboxylic acids is 1. The number of carbonyl (C=O) groups is 1. The Morgan fingerprint density at radius 2 is 1.89 bits per heavy atom. The Kier molecular flexibility index (Phi) is 6.91. The highest BCUT2D eigenvalue weighted by Gasteiger charge is 2.30. The third-order valence-electron chi connectivity index (χ3n) is 4.46. The van der Waals surface area contributed by atoms with Gasteiger partial charge in [0.05, 0.1) is 0 Å². The smallest absolute Gasteiger partial charge is 0.135 e. The van der Waals surface area contributed by atoms with E-state index in [4.69, 9.17) is 5.73 Å². The Hall–Kier alpha value is -0.370. The van der Waals surface area contributed by atoms with Crippen molar-refractivity contribution in [2.45, 2.75) is 90.0 Å². The maximum Gasteiger partial charge on any atom is 0.135 e. The second kappa shape index (κ2) is 7.93. The lowest BCUT2D eigenvalue weighted by molar-refractivity contribution is -0.121. The normalized spacial score (nSPS) is 20.6. The predicted octanol–water partition coefficient (Wildman–Crippen LogP) is 4.21. The van der Waals surface area contributed by atoms with Gasteiger partial charge in [0.15, 0.2) is 0 Å². The van der Waals surface area contributed by atoms with E-state index >= 15 is 0 Å². The van der Waals surface area contributed by atoms with Gasteiger partial charge in [0.25, 0.3) is 0 Å². The molecule has 0 radical (unpaired) electrons. The molecular formula is C16H31NO. The van der Waals surface area contributed by atoms with Crippen molar-refractivity contribution in [3.05, 3.63) is 0 Å². The molecule has 1 saturated carbocycles. The lowest BCUT2D eigenvalue weighted by atomic mass is 9.78. The van der Waals surface area contributed by atoms with Crippen LogP contribution in [0.3, 0.4) is 0 Å². The van der Waals surface area contributed by atoms with Gasteiger partial charge in [0.2, 0.25) is 0 Å². The summed E-state index contributed by atoms with van der Waals surface area (Å²) in [7, 11) is 0. The Labute approximate surface area is 113 Å². The molecule has 2 nitrogen and oxygen atoms in total. The van der Waals surface area contributed by atoms with Crippen LogP contribution in [0.5, 0.6) is 0 Å². The van der Waals surface area contributed by atoms with E-state index in [2.05, 4.69) is 13.8 Å². The summed E-state index contributed by atoms with van der Waals surface area (Å²) in [6.07, 6.45) is 12.0. The fraction of sp³-hybridized carbons (Fsp3) is 0.938. The van der Waals surface area contributed by atoms with Crippen LogP contribution in [0.2, 0.25) is 0 Å². The fourth-order valence-electron chi connectivity index (χ4n) is 3.16. The monoisotopic (exact) mass is 253 g/mol. The van der Waals surface area contributed by atoms with E-state index in [9.17, 15) is 4.79 Å². The Morgan fingerprint density at radius 1 is 1.22 bits per heavy atom. The van der Waals surface area contributed by atoms with Crippen molar-refractivity contribution in [2.75, 3.05) is 0 Å². The summed E-state index contributed by atoms with van der Waals surface area (Å²) in [4.78, 5) is 12.2. The molecule has 0 saturated heterocycles. The zero-order valence-electron chi connectivity index (χ0n) is 12.3. The molecule has 2 heteroatoms. The van der Waals surface area contributed by atoms with Crippen LogP contribution in [0.1, 0.15) is 84.5 Å². The summed E-state index contributed by atoms with van der Waals surface area (Å²) >= 11 is 0. The van der Waals surface area contributed by atoms with Gasteiger partial charge < -0.3 is 5.73 Å². The van der Waals surface area contributed by atoms with Crippen LogP contribution in [-0.4, -0.2) is 11.3 Å². The first-order valence-electron chi connectivity index (χ1n) is 7.90. The van der Waals surface area contributed by atoms with Crippen LogP contribution in [-0.2, 0) is 4.79 Å². The first-order valence-corrected chi connectivity index (χ1v) is 7.90. The average Bonchev–Trinajstić information content (AvgIpc) is 2.34. The molecule has 0 aromatic carbocycles. The Bertz CT molecular complexity index is 243. The fourth-order valence-corrected chi connectivity index (χ4v) is 3.16. The van der Waals surface area contributed by atoms with Gasteiger partial charge in [-0.3, -0.25) is 4.79 Å². The summed E-state index contributed by atoms with van der Waals surface area (Å²) in [5.74, 6) is 0.993. The van der Waals surface area contributed by atoms with Crippen molar-refractivity contribution in [1.29, 1.82) is 0 Å². The molecule has 0 aliphatic heterocycles. The van der Waals surface area contributed by atoms with Gasteiger partial charge in [0.1, 0.15) is 5.78 Å². The standard InChI is InChI=1S/C16H31NO/c1-3-5-9-14(4-2)12-15(18)13-16(17)10-7-6-8-11-16/h14H,3-13,17H2,1-2H3. The molecule has 2 N–H and O–H groups in total. The third kappa shape index (κ3) is 5.51. The first kappa shape index (κ1) is 15.7. The highest BCUT2D eigenvalue weighted by molar-refractivity contribution is 5.79. The Balaban J connectivity index is 2.34. The third-order valence-corrected chi connectivity index (χ3v) is 4.46. The van der Waals surface area contributed by atoms with Gasteiger partial charge in [-0.05, 0) is 18.8 Å². The molecule has 1 aliphatic rings. The second-order valence-corrected chi connectivity index (χ2v) is 6.26.